The topological polar surface area (TPSA) is 38.3 Å². The molecule has 1 heterocycles. The predicted octanol–water partition coefficient (Wildman–Crippen LogP) is 5.53. The highest BCUT2D eigenvalue weighted by molar-refractivity contribution is 9.10. The number of nitrogens with one attached hydrogen (secondary N) is 1. The molecule has 1 aliphatic heterocycles. The number of hydrogen-bond donors (Lipinski definition) is 1. The van der Waals surface area contributed by atoms with E-state index >= 15 is 0 Å². The summed E-state index contributed by atoms with van der Waals surface area (Å²) in [6.45, 7) is 0. The molecule has 3 aliphatic rings. The number of ether oxygens (including phenoxy) is 1. The molecule has 0 spiro atoms. The number of esters is 1. The lowest BCUT2D eigenvalue weighted by Gasteiger charge is -2.43. The molecule has 0 amide bonds. The van der Waals surface area contributed by atoms with Gasteiger partial charge in [0, 0.05) is 10.2 Å². The summed E-state index contributed by atoms with van der Waals surface area (Å²) in [5.41, 5.74) is 4.52. The normalized spacial score (nSPS) is 31.1. The molecule has 0 saturated heterocycles. The van der Waals surface area contributed by atoms with Gasteiger partial charge in [0.2, 0.25) is 0 Å². The van der Waals surface area contributed by atoms with Crippen molar-refractivity contribution in [2.24, 2.45) is 17.8 Å². The second-order valence-corrected chi connectivity index (χ2v) is 8.82. The van der Waals surface area contributed by atoms with Crippen molar-refractivity contribution in [2.45, 2.75) is 31.2 Å². The van der Waals surface area contributed by atoms with E-state index < -0.39 is 0 Å². The summed E-state index contributed by atoms with van der Waals surface area (Å²) >= 11 is 3.55. The molecule has 0 unspecified atom stereocenters. The Kier molecular flexibility index (Phi) is 3.85. The van der Waals surface area contributed by atoms with E-state index in [9.17, 15) is 4.79 Å². The zero-order chi connectivity index (χ0) is 17.8. The quantitative estimate of drug-likeness (QED) is 0.659. The molecule has 2 aromatic carbocycles. The molecule has 0 radical (unpaired) electrons. The first-order valence-electron chi connectivity index (χ1n) is 9.40. The second-order valence-electron chi connectivity index (χ2n) is 7.90. The number of rotatable bonds is 2. The number of carbonyl (C=O) groups excluding carboxylic acids is 1. The fourth-order valence-electron chi connectivity index (χ4n) is 5.73. The van der Waals surface area contributed by atoms with Gasteiger partial charge in [-0.25, -0.2) is 4.79 Å². The highest BCUT2D eigenvalue weighted by atomic mass is 79.9. The minimum absolute atomic E-state index is 0.248. The Morgan fingerprint density at radius 2 is 1.88 bits per heavy atom. The van der Waals surface area contributed by atoms with Gasteiger partial charge in [0.25, 0.3) is 0 Å². The molecular formula is C22H22BrNO2. The first-order valence-corrected chi connectivity index (χ1v) is 10.2. The Labute approximate surface area is 162 Å². The summed E-state index contributed by atoms with van der Waals surface area (Å²) in [5, 5.41) is 3.81. The number of halogens is 1. The lowest BCUT2D eigenvalue weighted by molar-refractivity contribution is 0.0600. The van der Waals surface area contributed by atoms with Crippen LogP contribution in [0.5, 0.6) is 0 Å². The first-order chi connectivity index (χ1) is 12.7. The molecule has 2 fully saturated rings. The highest BCUT2D eigenvalue weighted by Gasteiger charge is 2.53. The van der Waals surface area contributed by atoms with Crippen molar-refractivity contribution in [2.75, 3.05) is 12.4 Å². The SMILES string of the molecule is COC(=O)c1ccc2c(c1)[C@@H]1[C@H]3CC[C@@H](C3)[C@H]1[C@H](c1ccc(Br)cc1)N2. The van der Waals surface area contributed by atoms with Gasteiger partial charge in [0.05, 0.1) is 18.7 Å². The lowest BCUT2D eigenvalue weighted by Crippen LogP contribution is -2.35. The monoisotopic (exact) mass is 411 g/mol. The third-order valence-electron chi connectivity index (χ3n) is 6.74. The van der Waals surface area contributed by atoms with Crippen molar-refractivity contribution in [3.63, 3.8) is 0 Å². The molecular weight excluding hydrogens is 390 g/mol. The summed E-state index contributed by atoms with van der Waals surface area (Å²) in [6.07, 6.45) is 3.99. The van der Waals surface area contributed by atoms with Crippen LogP contribution < -0.4 is 5.32 Å². The average Bonchev–Trinajstić information content (AvgIpc) is 3.29. The third-order valence-corrected chi connectivity index (χ3v) is 7.27. The standard InChI is InChI=1S/C22H22BrNO2/c1-26-22(25)15-6-9-18-17(11-15)19-13-2-3-14(10-13)20(19)21(24-18)12-4-7-16(23)8-5-12/h4-9,11,13-14,19-21,24H,2-3,10H2,1H3/t13-,14-,19-,20+,21-/m0/s1. The average molecular weight is 412 g/mol. The van der Waals surface area contributed by atoms with E-state index in [2.05, 4.69) is 57.6 Å². The van der Waals surface area contributed by atoms with Crippen LogP contribution in [0.4, 0.5) is 5.69 Å². The van der Waals surface area contributed by atoms with Crippen molar-refractivity contribution >= 4 is 27.6 Å². The Bertz CT molecular complexity index is 863. The number of benzene rings is 2. The van der Waals surface area contributed by atoms with Gasteiger partial charge in [-0.05, 0) is 84.4 Å². The smallest absolute Gasteiger partial charge is 0.337 e. The summed E-state index contributed by atoms with van der Waals surface area (Å²) in [4.78, 5) is 12.0. The van der Waals surface area contributed by atoms with Gasteiger partial charge >= 0.3 is 5.97 Å². The van der Waals surface area contributed by atoms with Crippen LogP contribution in [0.1, 0.15) is 52.7 Å². The summed E-state index contributed by atoms with van der Waals surface area (Å²) in [5.74, 6) is 2.43. The molecule has 4 heteroatoms. The fourth-order valence-corrected chi connectivity index (χ4v) is 6.00. The van der Waals surface area contributed by atoms with E-state index in [-0.39, 0.29) is 5.97 Å². The Morgan fingerprint density at radius 3 is 2.65 bits per heavy atom. The van der Waals surface area contributed by atoms with Crippen molar-refractivity contribution < 1.29 is 9.53 Å². The minimum Gasteiger partial charge on any atom is -0.465 e. The van der Waals surface area contributed by atoms with Crippen molar-refractivity contribution in [1.29, 1.82) is 0 Å². The number of methoxy groups -OCH3 is 1. The van der Waals surface area contributed by atoms with Gasteiger partial charge in [0.1, 0.15) is 0 Å². The number of carbonyl (C=O) groups is 1. The number of anilines is 1. The summed E-state index contributed by atoms with van der Waals surface area (Å²) in [7, 11) is 1.45. The van der Waals surface area contributed by atoms with Crippen LogP contribution in [0.3, 0.4) is 0 Å². The van der Waals surface area contributed by atoms with E-state index in [1.807, 2.05) is 6.07 Å². The van der Waals surface area contributed by atoms with Crippen LogP contribution in [0.25, 0.3) is 0 Å². The van der Waals surface area contributed by atoms with Crippen molar-refractivity contribution in [3.05, 3.63) is 63.6 Å². The second kappa shape index (κ2) is 6.12. The van der Waals surface area contributed by atoms with Crippen LogP contribution in [0, 0.1) is 17.8 Å². The minimum atomic E-state index is -0.248. The van der Waals surface area contributed by atoms with Gasteiger partial charge in [-0.1, -0.05) is 28.1 Å². The maximum absolute atomic E-state index is 12.0. The molecule has 134 valence electrons. The summed E-state index contributed by atoms with van der Waals surface area (Å²) < 4.78 is 6.05. The first kappa shape index (κ1) is 16.4. The lowest BCUT2D eigenvalue weighted by atomic mass is 9.68. The molecule has 26 heavy (non-hydrogen) atoms. The van der Waals surface area contributed by atoms with Crippen LogP contribution in [-0.2, 0) is 4.74 Å². The van der Waals surface area contributed by atoms with E-state index in [0.29, 0.717) is 23.4 Å². The molecule has 3 nitrogen and oxygen atoms in total. The van der Waals surface area contributed by atoms with E-state index in [1.165, 1.54) is 43.2 Å². The molecule has 5 atom stereocenters. The molecule has 1 N–H and O–H groups in total. The van der Waals surface area contributed by atoms with Crippen molar-refractivity contribution in [3.8, 4) is 0 Å². The summed E-state index contributed by atoms with van der Waals surface area (Å²) in [6, 6.07) is 15.1. The fraction of sp³-hybridized carbons (Fsp3) is 0.409. The van der Waals surface area contributed by atoms with Gasteiger partial charge in [-0.3, -0.25) is 0 Å². The van der Waals surface area contributed by atoms with Crippen LogP contribution in [0.15, 0.2) is 46.9 Å². The van der Waals surface area contributed by atoms with Crippen molar-refractivity contribution in [1.82, 2.24) is 0 Å². The molecule has 0 aromatic heterocycles. The van der Waals surface area contributed by atoms with Crippen LogP contribution in [-0.4, -0.2) is 13.1 Å². The van der Waals surface area contributed by atoms with E-state index in [4.69, 9.17) is 4.74 Å². The van der Waals surface area contributed by atoms with Gasteiger partial charge < -0.3 is 10.1 Å². The van der Waals surface area contributed by atoms with Gasteiger partial charge in [-0.15, -0.1) is 0 Å². The Balaban J connectivity index is 1.60. The highest BCUT2D eigenvalue weighted by Crippen LogP contribution is 2.63. The maximum Gasteiger partial charge on any atom is 0.337 e. The van der Waals surface area contributed by atoms with Gasteiger partial charge in [-0.2, -0.15) is 0 Å². The number of hydrogen-bond acceptors (Lipinski definition) is 3. The molecule has 2 bridgehead atoms. The third kappa shape index (κ3) is 2.42. The van der Waals surface area contributed by atoms with Crippen LogP contribution in [0.2, 0.25) is 0 Å². The van der Waals surface area contributed by atoms with Crippen LogP contribution >= 0.6 is 15.9 Å². The predicted molar refractivity (Wildman–Crippen MR) is 105 cm³/mol. The maximum atomic E-state index is 12.0. The van der Waals surface area contributed by atoms with E-state index in [1.54, 1.807) is 0 Å². The Hall–Kier alpha value is -1.81. The molecule has 5 rings (SSSR count). The Morgan fingerprint density at radius 1 is 1.12 bits per heavy atom. The largest absolute Gasteiger partial charge is 0.465 e. The molecule has 2 saturated carbocycles. The molecule has 2 aliphatic carbocycles. The van der Waals surface area contributed by atoms with E-state index in [0.717, 1.165) is 16.3 Å². The molecule has 2 aromatic rings. The number of fused-ring (bicyclic) bond motifs is 7. The zero-order valence-electron chi connectivity index (χ0n) is 14.7. The van der Waals surface area contributed by atoms with Gasteiger partial charge in [0.15, 0.2) is 0 Å². The zero-order valence-corrected chi connectivity index (χ0v) is 16.3.